The molecule has 0 radical (unpaired) electrons. The van der Waals surface area contributed by atoms with E-state index < -0.39 is 0 Å². The van der Waals surface area contributed by atoms with E-state index in [9.17, 15) is 14.4 Å². The van der Waals surface area contributed by atoms with E-state index in [0.29, 0.717) is 46.7 Å². The number of hydrogen-bond acceptors (Lipinski definition) is 6. The van der Waals surface area contributed by atoms with Gasteiger partial charge in [-0.1, -0.05) is 18.2 Å². The first-order chi connectivity index (χ1) is 22.5. The van der Waals surface area contributed by atoms with Crippen LogP contribution in [-0.2, 0) is 11.2 Å². The van der Waals surface area contributed by atoms with Crippen LogP contribution in [0.2, 0.25) is 0 Å². The number of anilines is 3. The number of amides is 3. The van der Waals surface area contributed by atoms with Crippen LogP contribution in [0.25, 0.3) is 11.3 Å². The summed E-state index contributed by atoms with van der Waals surface area (Å²) < 4.78 is 5.46. The molecule has 2 aromatic carbocycles. The Morgan fingerprint density at radius 1 is 0.913 bits per heavy atom. The summed E-state index contributed by atoms with van der Waals surface area (Å²) in [5.41, 5.74) is 6.06. The number of ether oxygens (including phenoxy) is 1. The maximum Gasteiger partial charge on any atom is 0.267 e. The fourth-order valence-corrected chi connectivity index (χ4v) is 6.78. The second-order valence-electron chi connectivity index (χ2n) is 12.9. The van der Waals surface area contributed by atoms with Gasteiger partial charge in [-0.3, -0.25) is 14.4 Å². The molecule has 0 atom stereocenters. The average Bonchev–Trinajstić information content (AvgIpc) is 3.82. The molecule has 2 saturated heterocycles. The number of fused-ring (bicyclic) bond motifs is 3. The Morgan fingerprint density at radius 3 is 2.43 bits per heavy atom. The van der Waals surface area contributed by atoms with E-state index in [-0.39, 0.29) is 23.8 Å². The van der Waals surface area contributed by atoms with Gasteiger partial charge in [0.25, 0.3) is 17.7 Å². The van der Waals surface area contributed by atoms with Gasteiger partial charge in [0.15, 0.2) is 0 Å². The maximum atomic E-state index is 13.9. The highest BCUT2D eigenvalue weighted by atomic mass is 16.5. The van der Waals surface area contributed by atoms with Crippen LogP contribution in [0.3, 0.4) is 0 Å². The lowest BCUT2D eigenvalue weighted by molar-refractivity contribution is -0.124. The molecule has 4 aliphatic rings. The predicted octanol–water partition coefficient (Wildman–Crippen LogP) is 5.04. The van der Waals surface area contributed by atoms with Crippen molar-refractivity contribution in [3.8, 4) is 11.3 Å². The third-order valence-corrected chi connectivity index (χ3v) is 9.73. The standard InChI is InChI=1S/C36H36N6O4/c43-33(28-5-3-16-37-32(28)41-18-14-36(15-19-41)21-46-22-36)38-25-9-7-23(8-10-25)35(45)42-17-13-24-20-29(34(44)39-26-11-12-26)40-31(24)27-4-1-2-6-30(27)42/h1-10,16,20,26,40H,11-15,17-19,21-22H2,(H,38,43)(H,39,44). The van der Waals surface area contributed by atoms with Gasteiger partial charge in [0.2, 0.25) is 0 Å². The Balaban J connectivity index is 0.971. The molecule has 3 N–H and O–H groups in total. The van der Waals surface area contributed by atoms with Crippen molar-refractivity contribution in [1.29, 1.82) is 0 Å². The number of rotatable bonds is 6. The molecule has 0 unspecified atom stereocenters. The zero-order chi connectivity index (χ0) is 31.3. The molecule has 8 rings (SSSR count). The van der Waals surface area contributed by atoms with Crippen molar-refractivity contribution < 1.29 is 19.1 Å². The van der Waals surface area contributed by atoms with E-state index in [0.717, 1.165) is 74.5 Å². The molecule has 46 heavy (non-hydrogen) atoms. The highest BCUT2D eigenvalue weighted by Crippen LogP contribution is 2.40. The van der Waals surface area contributed by atoms with Gasteiger partial charge < -0.3 is 30.2 Å². The topological polar surface area (TPSA) is 120 Å². The summed E-state index contributed by atoms with van der Waals surface area (Å²) in [6, 6.07) is 20.6. The van der Waals surface area contributed by atoms with E-state index in [1.807, 2.05) is 30.3 Å². The van der Waals surface area contributed by atoms with Crippen molar-refractivity contribution in [2.45, 2.75) is 38.1 Å². The second kappa shape index (κ2) is 11.4. The molecule has 1 saturated carbocycles. The van der Waals surface area contributed by atoms with Gasteiger partial charge in [-0.05, 0) is 86.2 Å². The number of aromatic amines is 1. The average molecular weight is 617 g/mol. The number of pyridine rings is 1. The normalized spacial score (nSPS) is 18.2. The van der Waals surface area contributed by atoms with Gasteiger partial charge in [-0.25, -0.2) is 4.98 Å². The lowest BCUT2D eigenvalue weighted by Gasteiger charge is -2.47. The number of carbonyl (C=O) groups excluding carboxylic acids is 3. The van der Waals surface area contributed by atoms with Gasteiger partial charge >= 0.3 is 0 Å². The van der Waals surface area contributed by atoms with Crippen LogP contribution in [0.15, 0.2) is 72.9 Å². The number of H-pyrrole nitrogens is 1. The quantitative estimate of drug-likeness (QED) is 0.279. The number of carbonyl (C=O) groups is 3. The number of benzene rings is 2. The highest BCUT2D eigenvalue weighted by molar-refractivity contribution is 6.10. The van der Waals surface area contributed by atoms with Gasteiger partial charge in [0.05, 0.1) is 30.2 Å². The Morgan fingerprint density at radius 2 is 1.70 bits per heavy atom. The Hall–Kier alpha value is -4.96. The minimum absolute atomic E-state index is 0.0863. The largest absolute Gasteiger partial charge is 0.380 e. The molecule has 0 bridgehead atoms. The summed E-state index contributed by atoms with van der Waals surface area (Å²) >= 11 is 0. The lowest BCUT2D eigenvalue weighted by atomic mass is 9.77. The Labute approximate surface area is 267 Å². The number of piperidine rings is 1. The SMILES string of the molecule is O=C(NC1CC1)c1cc2c([nH]1)-c1ccccc1N(C(=O)c1ccc(NC(=O)c3cccnc3N3CCC4(CC3)COC4)cc1)CC2. The number of nitrogens with zero attached hydrogens (tertiary/aromatic N) is 3. The van der Waals surface area contributed by atoms with Crippen molar-refractivity contribution in [2.75, 3.05) is 48.0 Å². The molecular formula is C36H36N6O4. The fraction of sp³-hybridized carbons (Fsp3) is 0.333. The third-order valence-electron chi connectivity index (χ3n) is 9.73. The van der Waals surface area contributed by atoms with E-state index in [2.05, 4.69) is 25.5 Å². The molecule has 2 aromatic heterocycles. The summed E-state index contributed by atoms with van der Waals surface area (Å²) in [5.74, 6) is 0.248. The fourth-order valence-electron chi connectivity index (χ4n) is 6.78. The molecule has 4 aromatic rings. The van der Waals surface area contributed by atoms with Crippen LogP contribution in [-0.4, -0.2) is 66.6 Å². The van der Waals surface area contributed by atoms with Gasteiger partial charge in [0, 0.05) is 54.1 Å². The number of aromatic nitrogens is 2. The molecule has 5 heterocycles. The van der Waals surface area contributed by atoms with Gasteiger partial charge in [-0.15, -0.1) is 0 Å². The summed E-state index contributed by atoms with van der Waals surface area (Å²) in [5, 5.41) is 6.05. The van der Waals surface area contributed by atoms with Crippen molar-refractivity contribution in [2.24, 2.45) is 5.41 Å². The van der Waals surface area contributed by atoms with Crippen molar-refractivity contribution in [1.82, 2.24) is 15.3 Å². The molecule has 10 heteroatoms. The van der Waals surface area contributed by atoms with E-state index in [1.54, 1.807) is 47.5 Å². The number of hydrogen-bond donors (Lipinski definition) is 3. The zero-order valence-corrected chi connectivity index (χ0v) is 25.6. The molecule has 10 nitrogen and oxygen atoms in total. The number of para-hydroxylation sites is 1. The second-order valence-corrected chi connectivity index (χ2v) is 12.9. The van der Waals surface area contributed by atoms with Crippen molar-refractivity contribution in [3.05, 3.63) is 95.3 Å². The van der Waals surface area contributed by atoms with Crippen LogP contribution in [0.1, 0.15) is 62.5 Å². The smallest absolute Gasteiger partial charge is 0.267 e. The van der Waals surface area contributed by atoms with E-state index in [1.165, 1.54) is 0 Å². The summed E-state index contributed by atoms with van der Waals surface area (Å²) in [6.45, 7) is 3.82. The molecule has 3 amide bonds. The molecular weight excluding hydrogens is 580 g/mol. The predicted molar refractivity (Wildman–Crippen MR) is 175 cm³/mol. The first-order valence-corrected chi connectivity index (χ1v) is 16.1. The van der Waals surface area contributed by atoms with Crippen LogP contribution in [0.4, 0.5) is 17.2 Å². The molecule has 234 valence electrons. The molecule has 3 aliphatic heterocycles. The van der Waals surface area contributed by atoms with Crippen molar-refractivity contribution in [3.63, 3.8) is 0 Å². The maximum absolute atomic E-state index is 13.9. The van der Waals surface area contributed by atoms with Crippen LogP contribution in [0, 0.1) is 5.41 Å². The lowest BCUT2D eigenvalue weighted by Crippen LogP contribution is -2.51. The highest BCUT2D eigenvalue weighted by Gasteiger charge is 2.41. The van der Waals surface area contributed by atoms with E-state index in [4.69, 9.17) is 4.74 Å². The molecule has 1 aliphatic carbocycles. The summed E-state index contributed by atoms with van der Waals surface area (Å²) in [7, 11) is 0. The zero-order valence-electron chi connectivity index (χ0n) is 25.6. The summed E-state index contributed by atoms with van der Waals surface area (Å²) in [4.78, 5) is 51.9. The molecule has 3 fully saturated rings. The van der Waals surface area contributed by atoms with Crippen molar-refractivity contribution >= 4 is 34.9 Å². The third kappa shape index (κ3) is 5.32. The summed E-state index contributed by atoms with van der Waals surface area (Å²) in [6.07, 6.45) is 6.46. The molecule has 1 spiro atoms. The van der Waals surface area contributed by atoms with Crippen LogP contribution >= 0.6 is 0 Å². The minimum Gasteiger partial charge on any atom is -0.380 e. The first-order valence-electron chi connectivity index (χ1n) is 16.1. The van der Waals surface area contributed by atoms with Gasteiger partial charge in [-0.2, -0.15) is 0 Å². The minimum atomic E-state index is -0.234. The monoisotopic (exact) mass is 616 g/mol. The Kier molecular flexibility index (Phi) is 7.09. The van der Waals surface area contributed by atoms with Gasteiger partial charge in [0.1, 0.15) is 11.5 Å². The Bertz CT molecular complexity index is 1810. The van der Waals surface area contributed by atoms with Crippen LogP contribution in [0.5, 0.6) is 0 Å². The van der Waals surface area contributed by atoms with E-state index >= 15 is 0 Å². The number of nitrogens with one attached hydrogen (secondary N) is 3. The first kappa shape index (κ1) is 28.5. The van der Waals surface area contributed by atoms with Crippen LogP contribution < -0.4 is 20.4 Å².